The van der Waals surface area contributed by atoms with Crippen LogP contribution >= 0.6 is 0 Å². The van der Waals surface area contributed by atoms with E-state index in [2.05, 4.69) is 42.5 Å². The van der Waals surface area contributed by atoms with E-state index in [-0.39, 0.29) is 56.2 Å². The SMILES string of the molecule is CC(C)C[C@H](NC(=O)[C@@H](NC(=O)[C@H](CO)NC(=O)[C@@H]1CCCN1C(=O)[C@H](CC(=O)O)NC(=O)[C@H](CC(C)C)NC(=O)[C@@H](N)Cc1ccc(O)cc1)C(C)C)C(=O)N[C@@H](CO)C(=O)NCC(=O)N[C@H](C(=O)O)C(C)C. The number of nitrogens with two attached hydrogens (primary N) is 1. The first-order valence-corrected chi connectivity index (χ1v) is 24.5. The molecule has 0 spiro atoms. The number of carboxylic acids is 2. The van der Waals surface area contributed by atoms with Crippen LogP contribution in [0.3, 0.4) is 0 Å². The van der Waals surface area contributed by atoms with Gasteiger partial charge in [-0.25, -0.2) is 4.79 Å². The number of carboxylic acid groups (broad SMARTS) is 2. The maximum Gasteiger partial charge on any atom is 0.326 e. The van der Waals surface area contributed by atoms with E-state index in [1.807, 2.05) is 0 Å². The number of phenols is 1. The van der Waals surface area contributed by atoms with Crippen molar-refractivity contribution < 1.29 is 78.3 Å². The maximum atomic E-state index is 14.0. The van der Waals surface area contributed by atoms with Crippen LogP contribution < -0.4 is 48.3 Å². The van der Waals surface area contributed by atoms with Gasteiger partial charge in [0.15, 0.2) is 0 Å². The van der Waals surface area contributed by atoms with Gasteiger partial charge in [-0.05, 0) is 73.5 Å². The highest BCUT2D eigenvalue weighted by Crippen LogP contribution is 2.21. The molecule has 1 aromatic carbocycles. The van der Waals surface area contributed by atoms with Crippen LogP contribution in [0.5, 0.6) is 5.75 Å². The molecular weight excluding hydrogens is 973 g/mol. The number of carbonyl (C=O) groups excluding carboxylic acids is 9. The van der Waals surface area contributed by atoms with E-state index in [0.29, 0.717) is 5.56 Å². The van der Waals surface area contributed by atoms with E-state index < -0.39 is 157 Å². The largest absolute Gasteiger partial charge is 0.508 e. The fourth-order valence-corrected chi connectivity index (χ4v) is 7.82. The molecule has 414 valence electrons. The van der Waals surface area contributed by atoms with E-state index >= 15 is 0 Å². The third-order valence-corrected chi connectivity index (χ3v) is 11.8. The lowest BCUT2D eigenvalue weighted by atomic mass is 9.99. The van der Waals surface area contributed by atoms with Crippen molar-refractivity contribution in [3.05, 3.63) is 29.8 Å². The lowest BCUT2D eigenvalue weighted by molar-refractivity contribution is -0.146. The molecule has 0 aromatic heterocycles. The number of hydrogen-bond donors (Lipinski definition) is 14. The standard InChI is InChI=1S/C48H76N10O16/c1-23(2)16-30(51-40(65)29(49)18-27-11-13-28(61)14-12-27)42(67)53-32(19-37(63)64)47(72)58-15-9-10-35(58)45(70)55-34(22-60)44(69)57-38(25(5)6)46(71)52-31(17-24(3)4)43(68)54-33(21-59)41(66)50-20-36(62)56-39(26(7)8)48(73)74/h11-14,23-26,29-35,38-39,59-61H,9-10,15-22,49H2,1-8H3,(H,50,66)(H,51,65)(H,52,71)(H,53,67)(H,54,68)(H,55,70)(H,56,62)(H,57,69)(H,63,64)(H,73,74)/t29-,30-,31-,32-,33-,34-,35-,38-,39-/m0/s1. The summed E-state index contributed by atoms with van der Waals surface area (Å²) in [5.74, 6) is -12.5. The van der Waals surface area contributed by atoms with Crippen LogP contribution in [0.25, 0.3) is 0 Å². The van der Waals surface area contributed by atoms with Gasteiger partial charge in [-0.1, -0.05) is 67.5 Å². The summed E-state index contributed by atoms with van der Waals surface area (Å²) >= 11 is 0. The Kier molecular flexibility index (Phi) is 25.9. The van der Waals surface area contributed by atoms with E-state index in [0.717, 1.165) is 4.90 Å². The van der Waals surface area contributed by atoms with Crippen molar-refractivity contribution in [2.24, 2.45) is 29.4 Å². The second-order valence-corrected chi connectivity index (χ2v) is 19.8. The average molecular weight is 1050 g/mol. The molecule has 1 aliphatic heterocycles. The van der Waals surface area contributed by atoms with Gasteiger partial charge in [0.25, 0.3) is 0 Å². The van der Waals surface area contributed by atoms with E-state index in [1.54, 1.807) is 67.5 Å². The third-order valence-electron chi connectivity index (χ3n) is 11.8. The molecule has 9 amide bonds. The zero-order valence-electron chi connectivity index (χ0n) is 43.1. The number of nitrogens with one attached hydrogen (secondary N) is 8. The molecule has 9 atom stereocenters. The van der Waals surface area contributed by atoms with E-state index in [9.17, 15) is 78.3 Å². The molecule has 1 aliphatic rings. The molecule has 74 heavy (non-hydrogen) atoms. The molecule has 0 saturated carbocycles. The first-order chi connectivity index (χ1) is 34.6. The summed E-state index contributed by atoms with van der Waals surface area (Å²) in [6.45, 7) is 10.6. The van der Waals surface area contributed by atoms with Crippen molar-refractivity contribution in [3.8, 4) is 5.75 Å². The summed E-state index contributed by atoms with van der Waals surface area (Å²) < 4.78 is 0. The molecule has 1 saturated heterocycles. The number of rotatable bonds is 30. The molecule has 1 aromatic rings. The Morgan fingerprint density at radius 1 is 0.608 bits per heavy atom. The molecule has 26 nitrogen and oxygen atoms in total. The third kappa shape index (κ3) is 20.5. The van der Waals surface area contributed by atoms with Gasteiger partial charge in [-0.2, -0.15) is 0 Å². The highest BCUT2D eigenvalue weighted by Gasteiger charge is 2.41. The number of aliphatic carboxylic acids is 2. The fraction of sp³-hybridized carbons (Fsp3) is 0.646. The van der Waals surface area contributed by atoms with Crippen molar-refractivity contribution in [1.29, 1.82) is 0 Å². The van der Waals surface area contributed by atoms with Gasteiger partial charge in [-0.15, -0.1) is 0 Å². The number of carbonyl (C=O) groups is 11. The summed E-state index contributed by atoms with van der Waals surface area (Å²) in [6.07, 6.45) is -0.513. The Hall–Kier alpha value is -6.93. The monoisotopic (exact) mass is 1050 g/mol. The number of phenolic OH excluding ortho intramolecular Hbond substituents is 1. The summed E-state index contributed by atoms with van der Waals surface area (Å²) in [4.78, 5) is 145. The molecule has 0 aliphatic carbocycles. The molecule has 2 rings (SSSR count). The van der Waals surface area contributed by atoms with Gasteiger partial charge in [0, 0.05) is 6.54 Å². The highest BCUT2D eigenvalue weighted by atomic mass is 16.4. The van der Waals surface area contributed by atoms with Gasteiger partial charge in [0.05, 0.1) is 32.2 Å². The Balaban J connectivity index is 2.19. The second kappa shape index (κ2) is 30.3. The van der Waals surface area contributed by atoms with Crippen LogP contribution in [0.1, 0.15) is 93.1 Å². The molecule has 1 fully saturated rings. The van der Waals surface area contributed by atoms with Crippen molar-refractivity contribution in [2.45, 2.75) is 148 Å². The maximum absolute atomic E-state index is 14.0. The Morgan fingerprint density at radius 2 is 1.09 bits per heavy atom. The molecular formula is C48H76N10O16. The van der Waals surface area contributed by atoms with Gasteiger partial charge >= 0.3 is 11.9 Å². The van der Waals surface area contributed by atoms with Crippen LogP contribution in [0.4, 0.5) is 0 Å². The molecule has 0 unspecified atom stereocenters. The minimum absolute atomic E-state index is 0.0000351. The summed E-state index contributed by atoms with van der Waals surface area (Å²) in [5.41, 5.74) is 6.76. The minimum atomic E-state index is -1.72. The number of aliphatic hydroxyl groups excluding tert-OH is 2. The highest BCUT2D eigenvalue weighted by molar-refractivity contribution is 5.99. The van der Waals surface area contributed by atoms with Crippen LogP contribution in [-0.4, -0.2) is 176 Å². The fourth-order valence-electron chi connectivity index (χ4n) is 7.82. The van der Waals surface area contributed by atoms with E-state index in [1.165, 1.54) is 12.1 Å². The second-order valence-electron chi connectivity index (χ2n) is 19.8. The quantitative estimate of drug-likeness (QED) is 0.0359. The molecule has 15 N–H and O–H groups in total. The van der Waals surface area contributed by atoms with Crippen LogP contribution in [-0.2, 0) is 59.2 Å². The first kappa shape index (κ1) is 63.2. The number of likely N-dealkylation sites (tertiary alicyclic amines) is 1. The van der Waals surface area contributed by atoms with Gasteiger partial charge in [-0.3, -0.25) is 47.9 Å². The zero-order chi connectivity index (χ0) is 56.1. The number of aromatic hydroxyl groups is 1. The number of hydrogen-bond acceptors (Lipinski definition) is 15. The van der Waals surface area contributed by atoms with Gasteiger partial charge in [0.1, 0.15) is 54.1 Å². The smallest absolute Gasteiger partial charge is 0.326 e. The van der Waals surface area contributed by atoms with Crippen LogP contribution in [0.2, 0.25) is 0 Å². The lowest BCUT2D eigenvalue weighted by Gasteiger charge is -2.31. The molecule has 1 heterocycles. The number of nitrogens with zero attached hydrogens (tertiary/aromatic N) is 1. The van der Waals surface area contributed by atoms with Gasteiger partial charge < -0.3 is 78.7 Å². The number of benzene rings is 1. The Morgan fingerprint density at radius 3 is 1.58 bits per heavy atom. The summed E-state index contributed by atoms with van der Waals surface area (Å²) in [6, 6.07) is -6.72. The Bertz CT molecular complexity index is 2140. The Labute approximate surface area is 429 Å². The summed E-state index contributed by atoms with van der Waals surface area (Å²) in [5, 5.41) is 68.1. The van der Waals surface area contributed by atoms with Crippen molar-refractivity contribution >= 4 is 65.1 Å². The molecule has 0 bridgehead atoms. The predicted octanol–water partition coefficient (Wildman–Crippen LogP) is -3.29. The van der Waals surface area contributed by atoms with Crippen molar-refractivity contribution in [1.82, 2.24) is 47.4 Å². The predicted molar refractivity (Wildman–Crippen MR) is 264 cm³/mol. The number of amides is 9. The minimum Gasteiger partial charge on any atom is -0.508 e. The first-order valence-electron chi connectivity index (χ1n) is 24.5. The molecule has 0 radical (unpaired) electrons. The topological polar surface area (TPSA) is 414 Å². The van der Waals surface area contributed by atoms with E-state index in [4.69, 9.17) is 5.73 Å². The molecule has 26 heteroatoms. The number of aliphatic hydroxyl groups is 2. The van der Waals surface area contributed by atoms with Crippen molar-refractivity contribution in [2.75, 3.05) is 26.3 Å². The van der Waals surface area contributed by atoms with Crippen LogP contribution in [0.15, 0.2) is 24.3 Å². The zero-order valence-corrected chi connectivity index (χ0v) is 43.1. The van der Waals surface area contributed by atoms with Crippen molar-refractivity contribution in [3.63, 3.8) is 0 Å². The van der Waals surface area contributed by atoms with Crippen LogP contribution in [0, 0.1) is 23.7 Å². The lowest BCUT2D eigenvalue weighted by Crippen LogP contribution is -2.61. The normalized spacial score (nSPS) is 16.6. The van der Waals surface area contributed by atoms with Gasteiger partial charge in [0.2, 0.25) is 53.2 Å². The average Bonchev–Trinajstić information content (AvgIpc) is 3.81. The summed E-state index contributed by atoms with van der Waals surface area (Å²) in [7, 11) is 0.